The molecule has 0 aromatic heterocycles. The number of rotatable bonds is 9. The quantitative estimate of drug-likeness (QED) is 0.726. The summed E-state index contributed by atoms with van der Waals surface area (Å²) in [5.74, 6) is 0.502. The van der Waals surface area contributed by atoms with Gasteiger partial charge in [-0.3, -0.25) is 9.59 Å². The van der Waals surface area contributed by atoms with Gasteiger partial charge in [-0.1, -0.05) is 26.7 Å². The van der Waals surface area contributed by atoms with Crippen molar-refractivity contribution in [1.29, 1.82) is 0 Å². The second-order valence-corrected chi connectivity index (χ2v) is 5.22. The number of ether oxygens (including phenoxy) is 1. The molecule has 2 amide bonds. The second kappa shape index (κ2) is 9.82. The Bertz CT molecular complexity index is 501. The summed E-state index contributed by atoms with van der Waals surface area (Å²) in [6.07, 6.45) is 4.70. The molecule has 0 heterocycles. The van der Waals surface area contributed by atoms with Crippen LogP contribution in [0, 0.1) is 0 Å². The van der Waals surface area contributed by atoms with E-state index in [4.69, 9.17) is 4.74 Å². The molecule has 0 saturated heterocycles. The van der Waals surface area contributed by atoms with Crippen LogP contribution < -0.4 is 15.4 Å². The van der Waals surface area contributed by atoms with E-state index in [9.17, 15) is 9.59 Å². The van der Waals surface area contributed by atoms with Crippen molar-refractivity contribution in [3.05, 3.63) is 18.2 Å². The highest BCUT2D eigenvalue weighted by molar-refractivity contribution is 5.94. The molecular formula is C17H26N2O3. The van der Waals surface area contributed by atoms with E-state index in [0.717, 1.165) is 25.7 Å². The molecule has 0 aliphatic carbocycles. The minimum absolute atomic E-state index is 0.0105. The molecule has 0 bridgehead atoms. The van der Waals surface area contributed by atoms with Crippen molar-refractivity contribution in [3.63, 3.8) is 0 Å². The Morgan fingerprint density at radius 1 is 1.00 bits per heavy atom. The van der Waals surface area contributed by atoms with Gasteiger partial charge in [-0.2, -0.15) is 0 Å². The number of nitrogens with one attached hydrogen (secondary N) is 2. The lowest BCUT2D eigenvalue weighted by atomic mass is 10.2. The van der Waals surface area contributed by atoms with E-state index >= 15 is 0 Å². The molecule has 0 aliphatic heterocycles. The standard InChI is InChI=1S/C17H26N2O3/c1-4-6-8-16(20)18-13-10-11-14(15(12-13)22-3)19-17(21)9-7-5-2/h10-12H,4-9H2,1-3H3,(H,18,20)(H,19,21). The molecule has 0 spiro atoms. The van der Waals surface area contributed by atoms with Crippen LogP contribution in [0.1, 0.15) is 52.4 Å². The molecule has 0 saturated carbocycles. The number of methoxy groups -OCH3 is 1. The van der Waals surface area contributed by atoms with Gasteiger partial charge in [0, 0.05) is 24.6 Å². The lowest BCUT2D eigenvalue weighted by Crippen LogP contribution is -2.13. The largest absolute Gasteiger partial charge is 0.494 e. The van der Waals surface area contributed by atoms with Crippen LogP contribution in [-0.2, 0) is 9.59 Å². The topological polar surface area (TPSA) is 67.4 Å². The lowest BCUT2D eigenvalue weighted by molar-refractivity contribution is -0.117. The summed E-state index contributed by atoms with van der Waals surface area (Å²) < 4.78 is 5.29. The molecule has 0 radical (unpaired) electrons. The van der Waals surface area contributed by atoms with Crippen LogP contribution in [0.3, 0.4) is 0 Å². The van der Waals surface area contributed by atoms with Gasteiger partial charge >= 0.3 is 0 Å². The third kappa shape index (κ3) is 6.16. The Morgan fingerprint density at radius 2 is 1.59 bits per heavy atom. The van der Waals surface area contributed by atoms with Crippen LogP contribution in [0.25, 0.3) is 0 Å². The molecule has 5 nitrogen and oxygen atoms in total. The van der Waals surface area contributed by atoms with Crippen LogP contribution in [0.15, 0.2) is 18.2 Å². The highest BCUT2D eigenvalue weighted by Gasteiger charge is 2.09. The monoisotopic (exact) mass is 306 g/mol. The Balaban J connectivity index is 2.70. The Morgan fingerprint density at radius 3 is 2.14 bits per heavy atom. The van der Waals surface area contributed by atoms with Crippen LogP contribution in [-0.4, -0.2) is 18.9 Å². The molecule has 0 fully saturated rings. The molecule has 0 unspecified atom stereocenters. The van der Waals surface area contributed by atoms with Crippen molar-refractivity contribution < 1.29 is 14.3 Å². The molecule has 0 atom stereocenters. The Labute approximate surface area is 132 Å². The first kappa shape index (κ1) is 18.0. The van der Waals surface area contributed by atoms with Crippen LogP contribution >= 0.6 is 0 Å². The average molecular weight is 306 g/mol. The molecule has 1 aromatic rings. The van der Waals surface area contributed by atoms with Gasteiger partial charge in [0.25, 0.3) is 0 Å². The fraction of sp³-hybridized carbons (Fsp3) is 0.529. The SMILES string of the molecule is CCCCC(=O)Nc1ccc(NC(=O)CCCC)c(OC)c1. The maximum Gasteiger partial charge on any atom is 0.224 e. The van der Waals surface area contributed by atoms with Crippen LogP contribution in [0.5, 0.6) is 5.75 Å². The first-order valence-corrected chi connectivity index (χ1v) is 7.88. The van der Waals surface area contributed by atoms with E-state index < -0.39 is 0 Å². The van der Waals surface area contributed by atoms with E-state index in [1.54, 1.807) is 25.3 Å². The number of carbonyl (C=O) groups excluding carboxylic acids is 2. The fourth-order valence-corrected chi connectivity index (χ4v) is 1.98. The third-order valence-electron chi connectivity index (χ3n) is 3.27. The maximum atomic E-state index is 11.8. The van der Waals surface area contributed by atoms with Gasteiger partial charge < -0.3 is 15.4 Å². The highest BCUT2D eigenvalue weighted by Crippen LogP contribution is 2.28. The van der Waals surface area contributed by atoms with Gasteiger partial charge in [-0.25, -0.2) is 0 Å². The van der Waals surface area contributed by atoms with E-state index in [1.165, 1.54) is 0 Å². The van der Waals surface area contributed by atoms with Crippen molar-refractivity contribution >= 4 is 23.2 Å². The zero-order chi connectivity index (χ0) is 16.4. The van der Waals surface area contributed by atoms with Crippen molar-refractivity contribution in [3.8, 4) is 5.75 Å². The zero-order valence-corrected chi connectivity index (χ0v) is 13.7. The molecule has 0 aliphatic rings. The molecule has 22 heavy (non-hydrogen) atoms. The molecule has 1 aromatic carbocycles. The van der Waals surface area contributed by atoms with Gasteiger partial charge in [0.1, 0.15) is 5.75 Å². The predicted octanol–water partition coefficient (Wildman–Crippen LogP) is 3.95. The summed E-state index contributed by atoms with van der Waals surface area (Å²) >= 11 is 0. The summed E-state index contributed by atoms with van der Waals surface area (Å²) in [7, 11) is 1.54. The van der Waals surface area contributed by atoms with Crippen molar-refractivity contribution in [2.45, 2.75) is 52.4 Å². The number of anilines is 2. The maximum absolute atomic E-state index is 11.8. The van der Waals surface area contributed by atoms with Crippen molar-refractivity contribution in [2.24, 2.45) is 0 Å². The summed E-state index contributed by atoms with van der Waals surface area (Å²) in [4.78, 5) is 23.5. The smallest absolute Gasteiger partial charge is 0.224 e. The lowest BCUT2D eigenvalue weighted by Gasteiger charge is -2.12. The molecule has 5 heteroatoms. The first-order valence-electron chi connectivity index (χ1n) is 7.88. The van der Waals surface area contributed by atoms with Crippen molar-refractivity contribution in [2.75, 3.05) is 17.7 Å². The third-order valence-corrected chi connectivity index (χ3v) is 3.27. The predicted molar refractivity (Wildman–Crippen MR) is 89.3 cm³/mol. The Kier molecular flexibility index (Phi) is 8.04. The normalized spacial score (nSPS) is 10.1. The first-order chi connectivity index (χ1) is 10.6. The highest BCUT2D eigenvalue weighted by atomic mass is 16.5. The van der Waals surface area contributed by atoms with Gasteiger partial charge in [0.05, 0.1) is 12.8 Å². The van der Waals surface area contributed by atoms with Gasteiger partial charge in [-0.15, -0.1) is 0 Å². The summed E-state index contributed by atoms with van der Waals surface area (Å²) in [5.41, 5.74) is 1.29. The van der Waals surface area contributed by atoms with Gasteiger partial charge in [0.15, 0.2) is 0 Å². The number of unbranched alkanes of at least 4 members (excludes halogenated alkanes) is 2. The minimum Gasteiger partial charge on any atom is -0.494 e. The van der Waals surface area contributed by atoms with Crippen LogP contribution in [0.4, 0.5) is 11.4 Å². The summed E-state index contributed by atoms with van der Waals surface area (Å²) in [5, 5.41) is 5.67. The van der Waals surface area contributed by atoms with E-state index in [1.807, 2.05) is 13.8 Å². The number of benzene rings is 1. The van der Waals surface area contributed by atoms with Crippen molar-refractivity contribution in [1.82, 2.24) is 0 Å². The van der Waals surface area contributed by atoms with E-state index in [-0.39, 0.29) is 11.8 Å². The molecular weight excluding hydrogens is 280 g/mol. The molecule has 1 rings (SSSR count). The van der Waals surface area contributed by atoms with Crippen LogP contribution in [0.2, 0.25) is 0 Å². The minimum atomic E-state index is -0.0279. The number of amides is 2. The average Bonchev–Trinajstić information content (AvgIpc) is 2.52. The van der Waals surface area contributed by atoms with Gasteiger partial charge in [-0.05, 0) is 25.0 Å². The number of carbonyl (C=O) groups is 2. The molecule has 2 N–H and O–H groups in total. The summed E-state index contributed by atoms with van der Waals surface area (Å²) in [6.45, 7) is 4.09. The Hall–Kier alpha value is -2.04. The van der Waals surface area contributed by atoms with E-state index in [0.29, 0.717) is 30.0 Å². The fourth-order valence-electron chi connectivity index (χ4n) is 1.98. The zero-order valence-electron chi connectivity index (χ0n) is 13.7. The number of hydrogen-bond donors (Lipinski definition) is 2. The number of hydrogen-bond acceptors (Lipinski definition) is 3. The molecule has 122 valence electrons. The summed E-state index contributed by atoms with van der Waals surface area (Å²) in [6, 6.07) is 5.24. The second-order valence-electron chi connectivity index (χ2n) is 5.22. The van der Waals surface area contributed by atoms with Gasteiger partial charge in [0.2, 0.25) is 11.8 Å². The van der Waals surface area contributed by atoms with E-state index in [2.05, 4.69) is 10.6 Å².